The summed E-state index contributed by atoms with van der Waals surface area (Å²) in [7, 11) is 0. The minimum atomic E-state index is -0.0520. The Kier molecular flexibility index (Phi) is 5.18. The van der Waals surface area contributed by atoms with E-state index in [4.69, 9.17) is 4.52 Å². The smallest absolute Gasteiger partial charge is 0.226 e. The van der Waals surface area contributed by atoms with Gasteiger partial charge < -0.3 is 14.7 Å². The van der Waals surface area contributed by atoms with Gasteiger partial charge in [-0.25, -0.2) is 0 Å². The Labute approximate surface area is 142 Å². The number of rotatable bonds is 5. The summed E-state index contributed by atoms with van der Waals surface area (Å²) in [5.41, 5.74) is 0. The van der Waals surface area contributed by atoms with Gasteiger partial charge in [-0.2, -0.15) is 0 Å². The first-order chi connectivity index (χ1) is 11.5. The predicted octanol–water partition coefficient (Wildman–Crippen LogP) is 1.79. The summed E-state index contributed by atoms with van der Waals surface area (Å²) in [6, 6.07) is 2.41. The first-order valence-corrected chi connectivity index (χ1v) is 8.79. The van der Waals surface area contributed by atoms with Crippen molar-refractivity contribution in [1.29, 1.82) is 0 Å². The Morgan fingerprint density at radius 2 is 2.04 bits per heavy atom. The number of amides is 2. The third kappa shape index (κ3) is 3.77. The van der Waals surface area contributed by atoms with Gasteiger partial charge in [0.15, 0.2) is 5.82 Å². The molecule has 0 bridgehead atoms. The molecule has 24 heavy (non-hydrogen) atoms. The number of aromatic nitrogens is 1. The summed E-state index contributed by atoms with van der Waals surface area (Å²) in [5, 5.41) is 6.54. The number of likely N-dealkylation sites (tertiary alicyclic amines) is 2. The fraction of sp³-hybridized carbons (Fsp3) is 0.706. The summed E-state index contributed by atoms with van der Waals surface area (Å²) in [4.78, 5) is 28.3. The third-order valence-electron chi connectivity index (χ3n) is 5.08. The lowest BCUT2D eigenvalue weighted by atomic mass is 10.0. The van der Waals surface area contributed by atoms with Gasteiger partial charge in [0.25, 0.3) is 0 Å². The van der Waals surface area contributed by atoms with Crippen molar-refractivity contribution < 1.29 is 14.1 Å². The summed E-state index contributed by atoms with van der Waals surface area (Å²) in [6.07, 6.45) is 4.83. The molecule has 0 saturated carbocycles. The van der Waals surface area contributed by atoms with E-state index < -0.39 is 0 Å². The highest BCUT2D eigenvalue weighted by atomic mass is 16.5. The maximum Gasteiger partial charge on any atom is 0.226 e. The van der Waals surface area contributed by atoms with Crippen LogP contribution in [0.15, 0.2) is 10.6 Å². The molecular formula is C17H26N4O3. The number of carbonyl (C=O) groups is 2. The largest absolute Gasteiger partial charge is 0.360 e. The molecule has 3 heterocycles. The van der Waals surface area contributed by atoms with Crippen molar-refractivity contribution in [2.75, 3.05) is 25.0 Å². The van der Waals surface area contributed by atoms with Gasteiger partial charge in [0.2, 0.25) is 11.8 Å². The molecule has 1 aromatic rings. The van der Waals surface area contributed by atoms with Crippen molar-refractivity contribution in [2.45, 2.75) is 58.0 Å². The first-order valence-electron chi connectivity index (χ1n) is 8.79. The minimum absolute atomic E-state index is 0.0520. The molecule has 0 spiro atoms. The van der Waals surface area contributed by atoms with E-state index in [-0.39, 0.29) is 11.8 Å². The third-order valence-corrected chi connectivity index (χ3v) is 5.08. The summed E-state index contributed by atoms with van der Waals surface area (Å²) in [6.45, 7) is 6.04. The molecule has 2 atom stereocenters. The molecule has 3 rings (SSSR count). The monoisotopic (exact) mass is 334 g/mol. The molecule has 0 aromatic carbocycles. The molecule has 2 amide bonds. The van der Waals surface area contributed by atoms with E-state index >= 15 is 0 Å². The number of nitrogens with zero attached hydrogens (tertiary/aromatic N) is 3. The van der Waals surface area contributed by atoms with E-state index in [0.29, 0.717) is 30.1 Å². The molecule has 2 saturated heterocycles. The minimum Gasteiger partial charge on any atom is -0.360 e. The average molecular weight is 334 g/mol. The maximum absolute atomic E-state index is 12.1. The predicted molar refractivity (Wildman–Crippen MR) is 89.5 cm³/mol. The van der Waals surface area contributed by atoms with Crippen molar-refractivity contribution >= 4 is 17.6 Å². The Morgan fingerprint density at radius 3 is 2.75 bits per heavy atom. The SMILES string of the molecule is CC(=O)N1CCC[C@H]1[C@H]1CCCN1CCC(=O)Nc1cc(C)on1. The standard InChI is InChI=1S/C17H26N4O3/c1-12-11-16(19-24-12)18-17(23)7-10-20-8-3-5-14(20)15-6-4-9-21(15)13(2)22/h11,14-15H,3-10H2,1-2H3,(H,18,19,23)/t14-,15+/m1/s1. The van der Waals surface area contributed by atoms with E-state index in [1.165, 1.54) is 0 Å². The molecule has 132 valence electrons. The van der Waals surface area contributed by atoms with Crippen LogP contribution in [0, 0.1) is 6.92 Å². The van der Waals surface area contributed by atoms with Crippen LogP contribution in [-0.4, -0.2) is 58.5 Å². The zero-order valence-corrected chi connectivity index (χ0v) is 14.5. The highest BCUT2D eigenvalue weighted by molar-refractivity contribution is 5.89. The van der Waals surface area contributed by atoms with Crippen molar-refractivity contribution in [2.24, 2.45) is 0 Å². The van der Waals surface area contributed by atoms with Crippen molar-refractivity contribution in [1.82, 2.24) is 15.0 Å². The normalized spacial score (nSPS) is 24.5. The quantitative estimate of drug-likeness (QED) is 0.888. The lowest BCUT2D eigenvalue weighted by Crippen LogP contribution is -2.48. The molecule has 2 aliphatic rings. The van der Waals surface area contributed by atoms with Gasteiger partial charge in [0.05, 0.1) is 0 Å². The van der Waals surface area contributed by atoms with Crippen LogP contribution in [0.3, 0.4) is 0 Å². The number of aryl methyl sites for hydroxylation is 1. The fourth-order valence-electron chi connectivity index (χ4n) is 4.02. The second-order valence-corrected chi connectivity index (χ2v) is 6.79. The van der Waals surface area contributed by atoms with E-state index in [0.717, 1.165) is 45.3 Å². The van der Waals surface area contributed by atoms with Gasteiger partial charge >= 0.3 is 0 Å². The summed E-state index contributed by atoms with van der Waals surface area (Å²) < 4.78 is 4.95. The molecule has 1 aromatic heterocycles. The van der Waals surface area contributed by atoms with Crippen LogP contribution in [0.2, 0.25) is 0 Å². The van der Waals surface area contributed by atoms with E-state index in [9.17, 15) is 9.59 Å². The molecule has 2 fully saturated rings. The summed E-state index contributed by atoms with van der Waals surface area (Å²) >= 11 is 0. The molecule has 7 nitrogen and oxygen atoms in total. The van der Waals surface area contributed by atoms with E-state index in [2.05, 4.69) is 15.4 Å². The van der Waals surface area contributed by atoms with Crippen LogP contribution in [0.1, 0.15) is 44.8 Å². The topological polar surface area (TPSA) is 78.7 Å². The van der Waals surface area contributed by atoms with Crippen LogP contribution in [0.4, 0.5) is 5.82 Å². The lowest BCUT2D eigenvalue weighted by molar-refractivity contribution is -0.130. The van der Waals surface area contributed by atoms with E-state index in [1.54, 1.807) is 19.9 Å². The molecule has 0 unspecified atom stereocenters. The highest BCUT2D eigenvalue weighted by Crippen LogP contribution is 2.30. The highest BCUT2D eigenvalue weighted by Gasteiger charge is 2.38. The lowest BCUT2D eigenvalue weighted by Gasteiger charge is -2.34. The van der Waals surface area contributed by atoms with Gasteiger partial charge in [-0.3, -0.25) is 14.5 Å². The van der Waals surface area contributed by atoms with Crippen molar-refractivity contribution in [3.8, 4) is 0 Å². The first kappa shape index (κ1) is 17.0. The Balaban J connectivity index is 1.52. The number of carbonyl (C=O) groups excluding carboxylic acids is 2. The summed E-state index contributed by atoms with van der Waals surface area (Å²) in [5.74, 6) is 1.26. The maximum atomic E-state index is 12.1. The molecule has 7 heteroatoms. The zero-order chi connectivity index (χ0) is 17.1. The van der Waals surface area contributed by atoms with Gasteiger partial charge in [0.1, 0.15) is 5.76 Å². The molecule has 0 aliphatic carbocycles. The number of anilines is 1. The molecule has 1 N–H and O–H groups in total. The second-order valence-electron chi connectivity index (χ2n) is 6.79. The van der Waals surface area contributed by atoms with Gasteiger partial charge in [-0.05, 0) is 39.2 Å². The Morgan fingerprint density at radius 1 is 1.29 bits per heavy atom. The average Bonchev–Trinajstić information content (AvgIpc) is 3.24. The van der Waals surface area contributed by atoms with Crippen LogP contribution >= 0.6 is 0 Å². The molecule has 0 radical (unpaired) electrons. The Bertz CT molecular complexity index is 600. The Hall–Kier alpha value is -1.89. The van der Waals surface area contributed by atoms with Crippen LogP contribution in [0.5, 0.6) is 0 Å². The second kappa shape index (κ2) is 7.34. The van der Waals surface area contributed by atoms with Crippen LogP contribution in [-0.2, 0) is 9.59 Å². The van der Waals surface area contributed by atoms with Gasteiger partial charge in [-0.1, -0.05) is 5.16 Å². The number of nitrogens with one attached hydrogen (secondary N) is 1. The van der Waals surface area contributed by atoms with Crippen LogP contribution < -0.4 is 5.32 Å². The number of hydrogen-bond acceptors (Lipinski definition) is 5. The number of hydrogen-bond donors (Lipinski definition) is 1. The molecule has 2 aliphatic heterocycles. The van der Waals surface area contributed by atoms with E-state index in [1.807, 2.05) is 4.90 Å². The van der Waals surface area contributed by atoms with Gasteiger partial charge in [-0.15, -0.1) is 0 Å². The van der Waals surface area contributed by atoms with Gasteiger partial charge in [0, 0.05) is 44.6 Å². The van der Waals surface area contributed by atoms with Crippen molar-refractivity contribution in [3.05, 3.63) is 11.8 Å². The van der Waals surface area contributed by atoms with Crippen molar-refractivity contribution in [3.63, 3.8) is 0 Å². The fourth-order valence-corrected chi connectivity index (χ4v) is 4.02. The zero-order valence-electron chi connectivity index (χ0n) is 14.5. The molecular weight excluding hydrogens is 308 g/mol. The van der Waals surface area contributed by atoms with Crippen LogP contribution in [0.25, 0.3) is 0 Å².